The molecule has 28 heavy (non-hydrogen) atoms. The van der Waals surface area contributed by atoms with E-state index in [1.165, 1.54) is 4.31 Å². The van der Waals surface area contributed by atoms with Crippen LogP contribution in [0.4, 0.5) is 0 Å². The zero-order chi connectivity index (χ0) is 20.1. The monoisotopic (exact) mass is 406 g/mol. The lowest BCUT2D eigenvalue weighted by Gasteiger charge is -2.35. The van der Waals surface area contributed by atoms with Gasteiger partial charge in [0, 0.05) is 26.2 Å². The van der Waals surface area contributed by atoms with Crippen LogP contribution >= 0.6 is 0 Å². The van der Waals surface area contributed by atoms with Crippen LogP contribution in [0.1, 0.15) is 26.2 Å². The van der Waals surface area contributed by atoms with Gasteiger partial charge in [0.15, 0.2) is 6.10 Å². The molecule has 2 atom stereocenters. The van der Waals surface area contributed by atoms with E-state index in [-0.39, 0.29) is 48.9 Å². The van der Waals surface area contributed by atoms with Crippen molar-refractivity contribution >= 4 is 21.9 Å². The van der Waals surface area contributed by atoms with Crippen molar-refractivity contribution in [2.75, 3.05) is 26.2 Å². The number of sulfonamides is 1. The molecule has 0 spiro atoms. The molecule has 3 rings (SSSR count). The van der Waals surface area contributed by atoms with E-state index >= 15 is 0 Å². The average Bonchev–Trinajstić information content (AvgIpc) is 2.74. The van der Waals surface area contributed by atoms with Crippen LogP contribution in [0.3, 0.4) is 0 Å². The van der Waals surface area contributed by atoms with Gasteiger partial charge in [-0.15, -0.1) is 0 Å². The number of carbonyl (C=O) groups is 2. The number of hydrogen-bond acceptors (Lipinski definition) is 5. The van der Waals surface area contributed by atoms with Gasteiger partial charge in [-0.3, -0.25) is 9.59 Å². The van der Waals surface area contributed by atoms with Crippen molar-refractivity contribution in [3.05, 3.63) is 42.5 Å². The van der Waals surface area contributed by atoms with E-state index in [9.17, 15) is 18.0 Å². The van der Waals surface area contributed by atoms with Crippen molar-refractivity contribution in [3.8, 4) is 0 Å². The minimum absolute atomic E-state index is 0.187. The number of esters is 1. The topological polar surface area (TPSA) is 84.0 Å². The second kappa shape index (κ2) is 8.87. The normalized spacial score (nSPS) is 21.9. The second-order valence-electron chi connectivity index (χ2n) is 7.10. The van der Waals surface area contributed by atoms with Gasteiger partial charge in [-0.1, -0.05) is 30.4 Å². The molecule has 152 valence electrons. The van der Waals surface area contributed by atoms with Crippen LogP contribution in [0, 0.1) is 5.92 Å². The summed E-state index contributed by atoms with van der Waals surface area (Å²) in [5.74, 6) is -0.805. The Balaban J connectivity index is 1.53. The first kappa shape index (κ1) is 20.5. The molecule has 1 amide bonds. The van der Waals surface area contributed by atoms with Crippen molar-refractivity contribution < 1.29 is 22.7 Å². The summed E-state index contributed by atoms with van der Waals surface area (Å²) in [5.41, 5.74) is 0. The number of ether oxygens (including phenoxy) is 1. The Morgan fingerprint density at radius 3 is 2.36 bits per heavy atom. The number of hydrogen-bond donors (Lipinski definition) is 0. The van der Waals surface area contributed by atoms with Crippen molar-refractivity contribution in [3.63, 3.8) is 0 Å². The molecule has 1 aliphatic heterocycles. The Kier molecular flexibility index (Phi) is 6.51. The molecule has 0 unspecified atom stereocenters. The minimum atomic E-state index is -3.56. The first-order valence-electron chi connectivity index (χ1n) is 9.59. The first-order valence-corrected chi connectivity index (χ1v) is 11.0. The molecule has 2 aliphatic rings. The molecular weight excluding hydrogens is 380 g/mol. The number of benzene rings is 1. The fourth-order valence-corrected chi connectivity index (χ4v) is 4.92. The maximum Gasteiger partial charge on any atom is 0.310 e. The van der Waals surface area contributed by atoms with Crippen LogP contribution in [0.25, 0.3) is 0 Å². The average molecular weight is 407 g/mol. The second-order valence-corrected chi connectivity index (χ2v) is 9.04. The van der Waals surface area contributed by atoms with Crippen LogP contribution in [0.5, 0.6) is 0 Å². The van der Waals surface area contributed by atoms with Crippen LogP contribution in [0.2, 0.25) is 0 Å². The van der Waals surface area contributed by atoms with Gasteiger partial charge in [0.2, 0.25) is 10.0 Å². The summed E-state index contributed by atoms with van der Waals surface area (Å²) in [4.78, 5) is 26.6. The summed E-state index contributed by atoms with van der Waals surface area (Å²) in [7, 11) is -3.56. The Labute approximate surface area is 166 Å². The lowest BCUT2D eigenvalue weighted by molar-refractivity contribution is -0.163. The highest BCUT2D eigenvalue weighted by Crippen LogP contribution is 2.21. The van der Waals surface area contributed by atoms with Gasteiger partial charge in [0.1, 0.15) is 0 Å². The SMILES string of the molecule is C[C@@H](OC(=O)[C@H]1CC=CCC1)C(=O)N1CCN(S(=O)(=O)c2ccccc2)CC1. The maximum absolute atomic E-state index is 12.7. The Bertz CT molecular complexity index is 829. The van der Waals surface area contributed by atoms with Gasteiger partial charge in [-0.05, 0) is 38.3 Å². The maximum atomic E-state index is 12.7. The summed E-state index contributed by atoms with van der Waals surface area (Å²) in [5, 5.41) is 0. The summed E-state index contributed by atoms with van der Waals surface area (Å²) < 4.78 is 32.1. The third-order valence-electron chi connectivity index (χ3n) is 5.17. The number of rotatable bonds is 5. The molecule has 1 aromatic carbocycles. The van der Waals surface area contributed by atoms with Crippen LogP contribution < -0.4 is 0 Å². The summed E-state index contributed by atoms with van der Waals surface area (Å²) in [6.07, 6.45) is 5.38. The molecule has 0 bridgehead atoms. The van der Waals surface area contributed by atoms with Crippen molar-refractivity contribution in [1.82, 2.24) is 9.21 Å². The lowest BCUT2D eigenvalue weighted by atomic mass is 9.95. The lowest BCUT2D eigenvalue weighted by Crippen LogP contribution is -2.53. The van der Waals surface area contributed by atoms with Gasteiger partial charge in [-0.2, -0.15) is 4.31 Å². The molecular formula is C20H26N2O5S. The molecule has 0 N–H and O–H groups in total. The predicted molar refractivity (Wildman–Crippen MR) is 104 cm³/mol. The van der Waals surface area contributed by atoms with Crippen molar-refractivity contribution in [2.45, 2.75) is 37.2 Å². The molecule has 1 aliphatic carbocycles. The van der Waals surface area contributed by atoms with E-state index in [0.717, 1.165) is 12.8 Å². The Hall–Kier alpha value is -2.19. The molecule has 0 saturated carbocycles. The van der Waals surface area contributed by atoms with Gasteiger partial charge in [0.25, 0.3) is 5.91 Å². The van der Waals surface area contributed by atoms with E-state index in [4.69, 9.17) is 4.74 Å². The highest BCUT2D eigenvalue weighted by molar-refractivity contribution is 7.89. The van der Waals surface area contributed by atoms with Crippen LogP contribution in [-0.4, -0.2) is 61.8 Å². The predicted octanol–water partition coefficient (Wildman–Crippen LogP) is 1.81. The number of allylic oxidation sites excluding steroid dienone is 2. The molecule has 1 heterocycles. The Morgan fingerprint density at radius 2 is 1.75 bits per heavy atom. The molecule has 7 nitrogen and oxygen atoms in total. The first-order chi connectivity index (χ1) is 13.4. The van der Waals surface area contributed by atoms with E-state index in [0.29, 0.717) is 6.42 Å². The highest BCUT2D eigenvalue weighted by atomic mass is 32.2. The number of carbonyl (C=O) groups excluding carboxylic acids is 2. The molecule has 0 radical (unpaired) electrons. The summed E-state index contributed by atoms with van der Waals surface area (Å²) in [6.45, 7) is 2.57. The third-order valence-corrected chi connectivity index (χ3v) is 7.09. The van der Waals surface area contributed by atoms with E-state index in [1.54, 1.807) is 42.2 Å². The van der Waals surface area contributed by atoms with Crippen molar-refractivity contribution in [2.24, 2.45) is 5.92 Å². The van der Waals surface area contributed by atoms with Crippen LogP contribution in [-0.2, 0) is 24.3 Å². The molecule has 8 heteroatoms. The summed E-state index contributed by atoms with van der Waals surface area (Å²) in [6, 6.07) is 8.27. The van der Waals surface area contributed by atoms with E-state index in [2.05, 4.69) is 0 Å². The summed E-state index contributed by atoms with van der Waals surface area (Å²) >= 11 is 0. The van der Waals surface area contributed by atoms with E-state index in [1.807, 2.05) is 12.2 Å². The number of amides is 1. The fraction of sp³-hybridized carbons (Fsp3) is 0.500. The minimum Gasteiger partial charge on any atom is -0.452 e. The van der Waals surface area contributed by atoms with E-state index < -0.39 is 16.1 Å². The molecule has 0 aromatic heterocycles. The highest BCUT2D eigenvalue weighted by Gasteiger charge is 2.33. The third kappa shape index (κ3) is 4.62. The standard InChI is InChI=1S/C20H26N2O5S/c1-16(27-20(24)17-8-4-2-5-9-17)19(23)21-12-14-22(15-13-21)28(25,26)18-10-6-3-7-11-18/h2-4,6-7,10-11,16-17H,5,8-9,12-15H2,1H3/t16-,17+/m1/s1. The zero-order valence-electron chi connectivity index (χ0n) is 16.0. The van der Waals surface area contributed by atoms with Gasteiger partial charge in [0.05, 0.1) is 10.8 Å². The zero-order valence-corrected chi connectivity index (χ0v) is 16.8. The largest absolute Gasteiger partial charge is 0.452 e. The molecule has 1 saturated heterocycles. The number of piperazine rings is 1. The fourth-order valence-electron chi connectivity index (χ4n) is 3.48. The quantitative estimate of drug-likeness (QED) is 0.550. The molecule has 1 fully saturated rings. The van der Waals surface area contributed by atoms with Gasteiger partial charge < -0.3 is 9.64 Å². The number of nitrogens with zero attached hydrogens (tertiary/aromatic N) is 2. The van der Waals surface area contributed by atoms with Gasteiger partial charge >= 0.3 is 5.97 Å². The Morgan fingerprint density at radius 1 is 1.07 bits per heavy atom. The smallest absolute Gasteiger partial charge is 0.310 e. The van der Waals surface area contributed by atoms with Crippen LogP contribution in [0.15, 0.2) is 47.4 Å². The van der Waals surface area contributed by atoms with Crippen molar-refractivity contribution in [1.29, 1.82) is 0 Å². The van der Waals surface area contributed by atoms with Gasteiger partial charge in [-0.25, -0.2) is 8.42 Å². The molecule has 1 aromatic rings.